The van der Waals surface area contributed by atoms with Crippen LogP contribution >= 0.6 is 24.0 Å². The highest BCUT2D eigenvalue weighted by Gasteiger charge is 2.34. The van der Waals surface area contributed by atoms with Gasteiger partial charge in [-0.3, -0.25) is 15.0 Å². The molecule has 1 saturated heterocycles. The van der Waals surface area contributed by atoms with E-state index in [2.05, 4.69) is 5.43 Å². The number of rotatable bonds is 7. The molecule has 4 rings (SSSR count). The average Bonchev–Trinajstić information content (AvgIpc) is 3.10. The van der Waals surface area contributed by atoms with Gasteiger partial charge >= 0.3 is 0 Å². The molecule has 0 saturated carbocycles. The maximum absolute atomic E-state index is 13.1. The number of hydrogen-bond acceptors (Lipinski definition) is 6. The van der Waals surface area contributed by atoms with Crippen molar-refractivity contribution in [3.63, 3.8) is 0 Å². The molecule has 0 aromatic heterocycles. The van der Waals surface area contributed by atoms with Crippen LogP contribution in [0.5, 0.6) is 11.5 Å². The van der Waals surface area contributed by atoms with Crippen molar-refractivity contribution in [2.45, 2.75) is 13.3 Å². The number of nitrogens with zero attached hydrogens (tertiary/aromatic N) is 1. The highest BCUT2D eigenvalue weighted by atomic mass is 32.2. The van der Waals surface area contributed by atoms with Gasteiger partial charge in [0.25, 0.3) is 11.8 Å². The molecule has 33 heavy (non-hydrogen) atoms. The number of benzene rings is 3. The second-order valence-electron chi connectivity index (χ2n) is 7.23. The predicted molar refractivity (Wildman–Crippen MR) is 135 cm³/mol. The third-order valence-corrected chi connectivity index (χ3v) is 6.33. The van der Waals surface area contributed by atoms with E-state index in [1.54, 1.807) is 37.5 Å². The van der Waals surface area contributed by atoms with Crippen molar-refractivity contribution in [1.29, 1.82) is 0 Å². The van der Waals surface area contributed by atoms with Crippen LogP contribution in [-0.4, -0.2) is 34.9 Å². The van der Waals surface area contributed by atoms with Gasteiger partial charge in [0.15, 0.2) is 4.32 Å². The molecule has 1 heterocycles. The first-order valence-corrected chi connectivity index (χ1v) is 11.6. The molecule has 168 valence electrons. The van der Waals surface area contributed by atoms with Crippen molar-refractivity contribution >= 4 is 57.0 Å². The number of methoxy groups -OCH3 is 1. The topological polar surface area (TPSA) is 67.9 Å². The highest BCUT2D eigenvalue weighted by Crippen LogP contribution is 2.36. The molecule has 1 aliphatic rings. The normalized spacial score (nSPS) is 14.7. The van der Waals surface area contributed by atoms with Crippen LogP contribution in [0.25, 0.3) is 16.8 Å². The van der Waals surface area contributed by atoms with E-state index in [0.717, 1.165) is 39.5 Å². The third-order valence-electron chi connectivity index (χ3n) is 5.03. The molecule has 1 N–H and O–H groups in total. The lowest BCUT2D eigenvalue weighted by atomic mass is 10.0. The largest absolute Gasteiger partial charge is 0.497 e. The van der Waals surface area contributed by atoms with Crippen LogP contribution in [0.15, 0.2) is 65.6 Å². The lowest BCUT2D eigenvalue weighted by Crippen LogP contribution is -2.44. The maximum Gasteiger partial charge on any atom is 0.285 e. The molecular weight excluding hydrogens is 456 g/mol. The average molecular weight is 479 g/mol. The van der Waals surface area contributed by atoms with E-state index >= 15 is 0 Å². The number of thioether (sulfide) groups is 1. The van der Waals surface area contributed by atoms with Crippen molar-refractivity contribution in [2.75, 3.05) is 13.7 Å². The Morgan fingerprint density at radius 1 is 1.12 bits per heavy atom. The molecule has 0 unspecified atom stereocenters. The lowest BCUT2D eigenvalue weighted by Gasteiger charge is -2.16. The Morgan fingerprint density at radius 2 is 1.88 bits per heavy atom. The summed E-state index contributed by atoms with van der Waals surface area (Å²) in [5, 5.41) is 3.12. The van der Waals surface area contributed by atoms with Crippen molar-refractivity contribution in [3.8, 4) is 11.5 Å². The van der Waals surface area contributed by atoms with Gasteiger partial charge in [-0.25, -0.2) is 0 Å². The smallest absolute Gasteiger partial charge is 0.285 e. The zero-order valence-corrected chi connectivity index (χ0v) is 19.8. The lowest BCUT2D eigenvalue weighted by molar-refractivity contribution is -0.123. The SMILES string of the molecule is CCCOc1ccc2ccccc2c1/C=C1\SC(=S)N(NC(=O)c2ccc(OC)cc2)C1=O. The minimum Gasteiger partial charge on any atom is -0.497 e. The van der Waals surface area contributed by atoms with Crippen molar-refractivity contribution in [1.82, 2.24) is 10.4 Å². The van der Waals surface area contributed by atoms with Gasteiger partial charge in [0.1, 0.15) is 11.5 Å². The molecule has 8 heteroatoms. The first-order valence-electron chi connectivity index (χ1n) is 10.4. The Bertz CT molecular complexity index is 1260. The molecule has 1 fully saturated rings. The molecule has 3 aromatic carbocycles. The van der Waals surface area contributed by atoms with Crippen molar-refractivity contribution in [3.05, 3.63) is 76.7 Å². The number of carbonyl (C=O) groups excluding carboxylic acids is 2. The fourth-order valence-electron chi connectivity index (χ4n) is 3.37. The van der Waals surface area contributed by atoms with Gasteiger partial charge < -0.3 is 9.47 Å². The first kappa shape index (κ1) is 22.8. The molecule has 0 bridgehead atoms. The number of nitrogens with one attached hydrogen (secondary N) is 1. The predicted octanol–water partition coefficient (Wildman–Crippen LogP) is 5.18. The van der Waals surface area contributed by atoms with Gasteiger partial charge in [-0.1, -0.05) is 49.0 Å². The summed E-state index contributed by atoms with van der Waals surface area (Å²) in [7, 11) is 1.55. The summed E-state index contributed by atoms with van der Waals surface area (Å²) >= 11 is 6.52. The second-order valence-corrected chi connectivity index (χ2v) is 8.91. The first-order chi connectivity index (χ1) is 16.0. The van der Waals surface area contributed by atoms with E-state index in [9.17, 15) is 9.59 Å². The summed E-state index contributed by atoms with van der Waals surface area (Å²) in [6.45, 7) is 2.61. The van der Waals surface area contributed by atoms with E-state index in [-0.39, 0.29) is 10.2 Å². The number of ether oxygens (including phenoxy) is 2. The van der Waals surface area contributed by atoms with E-state index in [4.69, 9.17) is 21.7 Å². The Labute approximate surface area is 201 Å². The fraction of sp³-hybridized carbons (Fsp3) is 0.160. The van der Waals surface area contributed by atoms with Gasteiger partial charge in [0.2, 0.25) is 0 Å². The molecule has 2 amide bonds. The Hall–Kier alpha value is -3.36. The highest BCUT2D eigenvalue weighted by molar-refractivity contribution is 8.26. The molecule has 6 nitrogen and oxygen atoms in total. The summed E-state index contributed by atoms with van der Waals surface area (Å²) in [6.07, 6.45) is 2.65. The van der Waals surface area contributed by atoms with E-state index in [0.29, 0.717) is 28.6 Å². The Morgan fingerprint density at radius 3 is 2.61 bits per heavy atom. The minimum atomic E-state index is -0.438. The number of amides is 2. The van der Waals surface area contributed by atoms with E-state index < -0.39 is 5.91 Å². The zero-order chi connectivity index (χ0) is 23.4. The zero-order valence-electron chi connectivity index (χ0n) is 18.2. The van der Waals surface area contributed by atoms with Crippen LogP contribution in [0.2, 0.25) is 0 Å². The van der Waals surface area contributed by atoms with Crippen LogP contribution < -0.4 is 14.9 Å². The quantitative estimate of drug-likeness (QED) is 0.373. The summed E-state index contributed by atoms with van der Waals surface area (Å²) in [4.78, 5) is 26.2. The monoisotopic (exact) mass is 478 g/mol. The molecule has 0 aliphatic carbocycles. The number of hydrogen-bond donors (Lipinski definition) is 1. The molecule has 0 atom stereocenters. The molecule has 3 aromatic rings. The van der Waals surface area contributed by atoms with Gasteiger partial charge in [-0.05, 0) is 65.8 Å². The Kier molecular flexibility index (Phi) is 6.96. The summed E-state index contributed by atoms with van der Waals surface area (Å²) in [6, 6.07) is 18.4. The maximum atomic E-state index is 13.1. The molecular formula is C25H22N2O4S2. The number of thiocarbonyl (C=S) groups is 1. The molecule has 0 radical (unpaired) electrons. The summed E-state index contributed by atoms with van der Waals surface area (Å²) in [5.74, 6) is 0.507. The number of fused-ring (bicyclic) bond motifs is 1. The van der Waals surface area contributed by atoms with E-state index in [1.165, 1.54) is 0 Å². The fourth-order valence-corrected chi connectivity index (χ4v) is 4.53. The van der Waals surface area contributed by atoms with Gasteiger partial charge in [-0.15, -0.1) is 0 Å². The second kappa shape index (κ2) is 10.1. The molecule has 1 aliphatic heterocycles. The number of carbonyl (C=O) groups is 2. The van der Waals surface area contributed by atoms with E-state index in [1.807, 2.05) is 43.3 Å². The van der Waals surface area contributed by atoms with Crippen LogP contribution in [-0.2, 0) is 4.79 Å². The van der Waals surface area contributed by atoms with Crippen molar-refractivity contribution in [2.24, 2.45) is 0 Å². The van der Waals surface area contributed by atoms with Crippen LogP contribution in [0.1, 0.15) is 29.3 Å². The van der Waals surface area contributed by atoms with Crippen LogP contribution in [0, 0.1) is 0 Å². The van der Waals surface area contributed by atoms with Crippen LogP contribution in [0.3, 0.4) is 0 Å². The van der Waals surface area contributed by atoms with Gasteiger partial charge in [0, 0.05) is 11.1 Å². The summed E-state index contributed by atoms with van der Waals surface area (Å²) < 4.78 is 11.3. The standard InChI is InChI=1S/C25H22N2O4S2/c1-3-14-31-21-13-10-16-6-4-5-7-19(16)20(21)15-22-24(29)27(25(32)33-22)26-23(28)17-8-11-18(30-2)12-9-17/h4-13,15H,3,14H2,1-2H3,(H,26,28)/b22-15-. The van der Waals surface area contributed by atoms with Gasteiger partial charge in [0.05, 0.1) is 18.6 Å². The summed E-state index contributed by atoms with van der Waals surface area (Å²) in [5.41, 5.74) is 3.80. The van der Waals surface area contributed by atoms with Crippen LogP contribution in [0.4, 0.5) is 0 Å². The third kappa shape index (κ3) is 4.86. The van der Waals surface area contributed by atoms with Crippen molar-refractivity contribution < 1.29 is 19.1 Å². The van der Waals surface area contributed by atoms with Gasteiger partial charge in [-0.2, -0.15) is 5.01 Å². The molecule has 0 spiro atoms. The number of hydrazine groups is 1. The minimum absolute atomic E-state index is 0.254. The Balaban J connectivity index is 1.62.